The summed E-state index contributed by atoms with van der Waals surface area (Å²) in [5, 5.41) is 21.1. The Morgan fingerprint density at radius 2 is 1.90 bits per heavy atom. The lowest BCUT2D eigenvalue weighted by Crippen LogP contribution is -2.42. The number of nitrogens with zero attached hydrogens (tertiary/aromatic N) is 1. The molecule has 3 N–H and O–H groups in total. The maximum atomic E-state index is 11.9. The Labute approximate surface area is 117 Å². The zero-order chi connectivity index (χ0) is 15.5. The van der Waals surface area contributed by atoms with Gasteiger partial charge in [-0.2, -0.15) is 0 Å². The molecule has 0 aliphatic carbocycles. The number of likely N-dealkylation sites (tertiary alicyclic amines) is 1. The molecule has 2 unspecified atom stereocenters. The molecule has 1 aliphatic rings. The van der Waals surface area contributed by atoms with Crippen molar-refractivity contribution in [2.75, 3.05) is 13.1 Å². The first kappa shape index (κ1) is 16.4. The van der Waals surface area contributed by atoms with E-state index in [4.69, 9.17) is 5.11 Å². The second-order valence-electron chi connectivity index (χ2n) is 6.05. The van der Waals surface area contributed by atoms with E-state index in [0.717, 1.165) is 4.90 Å². The fourth-order valence-corrected chi connectivity index (χ4v) is 2.02. The Hall–Kier alpha value is -1.63. The van der Waals surface area contributed by atoms with Gasteiger partial charge >= 0.3 is 5.97 Å². The number of aliphatic hydroxyl groups excluding tert-OH is 1. The van der Waals surface area contributed by atoms with E-state index in [-0.39, 0.29) is 37.7 Å². The molecular weight excluding hydrogens is 264 g/mol. The maximum absolute atomic E-state index is 11.9. The van der Waals surface area contributed by atoms with Crippen molar-refractivity contribution in [1.82, 2.24) is 10.2 Å². The van der Waals surface area contributed by atoms with Gasteiger partial charge in [0.25, 0.3) is 0 Å². The summed E-state index contributed by atoms with van der Waals surface area (Å²) >= 11 is 0. The molecule has 1 aliphatic heterocycles. The van der Waals surface area contributed by atoms with Crippen LogP contribution in [0.3, 0.4) is 0 Å². The summed E-state index contributed by atoms with van der Waals surface area (Å²) in [6.07, 6.45) is -0.725. The smallest absolute Gasteiger partial charge is 0.326 e. The molecule has 0 radical (unpaired) electrons. The molecule has 0 aromatic heterocycles. The summed E-state index contributed by atoms with van der Waals surface area (Å²) < 4.78 is 0. The number of rotatable bonds is 4. The molecule has 1 heterocycles. The normalized spacial score (nSPS) is 22.7. The van der Waals surface area contributed by atoms with Crippen LogP contribution in [0.4, 0.5) is 0 Å². The molecule has 7 heteroatoms. The van der Waals surface area contributed by atoms with E-state index in [9.17, 15) is 19.5 Å². The number of amides is 2. The average Bonchev–Trinajstić information content (AvgIpc) is 2.70. The van der Waals surface area contributed by atoms with Crippen molar-refractivity contribution < 1.29 is 24.6 Å². The zero-order valence-electron chi connectivity index (χ0n) is 12.0. The molecule has 1 rings (SSSR count). The molecule has 1 fully saturated rings. The minimum atomic E-state index is -1.12. The van der Waals surface area contributed by atoms with Crippen LogP contribution in [0.2, 0.25) is 0 Å². The van der Waals surface area contributed by atoms with Gasteiger partial charge in [0.05, 0.1) is 6.10 Å². The van der Waals surface area contributed by atoms with Gasteiger partial charge in [-0.05, 0) is 0 Å². The van der Waals surface area contributed by atoms with Gasteiger partial charge in [0.15, 0.2) is 0 Å². The van der Waals surface area contributed by atoms with E-state index in [1.165, 1.54) is 0 Å². The lowest BCUT2D eigenvalue weighted by Gasteiger charge is -2.22. The quantitative estimate of drug-likeness (QED) is 0.651. The summed E-state index contributed by atoms with van der Waals surface area (Å²) in [7, 11) is 0. The molecule has 114 valence electrons. The predicted molar refractivity (Wildman–Crippen MR) is 70.8 cm³/mol. The number of aliphatic hydroxyl groups is 1. The molecular formula is C13H22N2O5. The molecule has 0 spiro atoms. The highest BCUT2D eigenvalue weighted by Crippen LogP contribution is 2.19. The van der Waals surface area contributed by atoms with Gasteiger partial charge in [-0.3, -0.25) is 9.59 Å². The summed E-state index contributed by atoms with van der Waals surface area (Å²) in [4.78, 5) is 35.7. The second-order valence-corrected chi connectivity index (χ2v) is 6.05. The Morgan fingerprint density at radius 3 is 2.40 bits per heavy atom. The fourth-order valence-electron chi connectivity index (χ4n) is 2.02. The number of nitrogens with one attached hydrogen (secondary N) is 1. The van der Waals surface area contributed by atoms with Crippen LogP contribution in [0, 0.1) is 5.41 Å². The molecule has 0 aromatic rings. The molecule has 0 aromatic carbocycles. The Kier molecular flexibility index (Phi) is 5.10. The van der Waals surface area contributed by atoms with E-state index in [0.29, 0.717) is 0 Å². The van der Waals surface area contributed by atoms with Crippen LogP contribution in [-0.2, 0) is 14.4 Å². The Balaban J connectivity index is 2.47. The van der Waals surface area contributed by atoms with Gasteiger partial charge in [0, 0.05) is 31.3 Å². The van der Waals surface area contributed by atoms with Crippen LogP contribution in [-0.4, -0.2) is 58.1 Å². The van der Waals surface area contributed by atoms with Crippen molar-refractivity contribution in [2.45, 2.75) is 45.8 Å². The second kappa shape index (κ2) is 6.21. The van der Waals surface area contributed by atoms with E-state index in [1.54, 1.807) is 20.8 Å². The molecule has 0 bridgehead atoms. The van der Waals surface area contributed by atoms with Crippen molar-refractivity contribution in [3.05, 3.63) is 0 Å². The third kappa shape index (κ3) is 4.19. The van der Waals surface area contributed by atoms with Crippen molar-refractivity contribution in [3.8, 4) is 0 Å². The number of carbonyl (C=O) groups excluding carboxylic acids is 2. The van der Waals surface area contributed by atoms with Crippen molar-refractivity contribution >= 4 is 17.8 Å². The SMILES string of the molecule is CC(C)(C)C(=O)NCCC(=O)N1CC(O)CC1C(=O)O. The van der Waals surface area contributed by atoms with E-state index in [1.807, 2.05) is 0 Å². The number of hydrogen-bond acceptors (Lipinski definition) is 4. The Bertz CT molecular complexity index is 402. The third-order valence-electron chi connectivity index (χ3n) is 3.19. The first-order valence-corrected chi connectivity index (χ1v) is 6.61. The zero-order valence-corrected chi connectivity index (χ0v) is 12.0. The summed E-state index contributed by atoms with van der Waals surface area (Å²) in [5.74, 6) is -1.65. The van der Waals surface area contributed by atoms with Crippen LogP contribution in [0.1, 0.15) is 33.6 Å². The minimum Gasteiger partial charge on any atom is -0.480 e. The molecule has 1 saturated heterocycles. The van der Waals surface area contributed by atoms with Crippen LogP contribution < -0.4 is 5.32 Å². The lowest BCUT2D eigenvalue weighted by molar-refractivity contribution is -0.148. The van der Waals surface area contributed by atoms with Crippen molar-refractivity contribution in [1.29, 1.82) is 0 Å². The number of carboxylic acids is 1. The average molecular weight is 286 g/mol. The molecule has 2 amide bonds. The third-order valence-corrected chi connectivity index (χ3v) is 3.19. The number of carbonyl (C=O) groups is 3. The highest BCUT2D eigenvalue weighted by molar-refractivity contribution is 5.85. The molecule has 7 nitrogen and oxygen atoms in total. The summed E-state index contributed by atoms with van der Waals surface area (Å²) in [5.41, 5.74) is -0.531. The molecule has 0 saturated carbocycles. The van der Waals surface area contributed by atoms with Gasteiger partial charge in [0.2, 0.25) is 11.8 Å². The highest BCUT2D eigenvalue weighted by atomic mass is 16.4. The highest BCUT2D eigenvalue weighted by Gasteiger charge is 2.38. The van der Waals surface area contributed by atoms with Crippen molar-refractivity contribution in [3.63, 3.8) is 0 Å². The van der Waals surface area contributed by atoms with Crippen LogP contribution >= 0.6 is 0 Å². The number of carboxylic acid groups (broad SMARTS) is 1. The maximum Gasteiger partial charge on any atom is 0.326 e. The number of hydrogen-bond donors (Lipinski definition) is 3. The van der Waals surface area contributed by atoms with Gasteiger partial charge in [-0.15, -0.1) is 0 Å². The van der Waals surface area contributed by atoms with E-state index in [2.05, 4.69) is 5.32 Å². The standard InChI is InChI=1S/C13H22N2O5/c1-13(2,3)12(20)14-5-4-10(17)15-7-8(16)6-9(15)11(18)19/h8-9,16H,4-7H2,1-3H3,(H,14,20)(H,18,19). The molecule has 2 atom stereocenters. The minimum absolute atomic E-state index is 0.0261. The fraction of sp³-hybridized carbons (Fsp3) is 0.769. The largest absolute Gasteiger partial charge is 0.480 e. The number of aliphatic carboxylic acids is 1. The van der Waals surface area contributed by atoms with Gasteiger partial charge in [0.1, 0.15) is 6.04 Å². The lowest BCUT2D eigenvalue weighted by atomic mass is 9.96. The van der Waals surface area contributed by atoms with Crippen LogP contribution in [0.5, 0.6) is 0 Å². The first-order valence-electron chi connectivity index (χ1n) is 6.61. The Morgan fingerprint density at radius 1 is 1.30 bits per heavy atom. The molecule has 20 heavy (non-hydrogen) atoms. The summed E-state index contributed by atoms with van der Waals surface area (Å²) in [6, 6.07) is -0.976. The van der Waals surface area contributed by atoms with Gasteiger partial charge < -0.3 is 20.4 Å². The van der Waals surface area contributed by atoms with E-state index < -0.39 is 23.5 Å². The van der Waals surface area contributed by atoms with Crippen molar-refractivity contribution in [2.24, 2.45) is 5.41 Å². The van der Waals surface area contributed by atoms with Crippen LogP contribution in [0.15, 0.2) is 0 Å². The first-order chi connectivity index (χ1) is 9.12. The summed E-state index contributed by atoms with van der Waals surface area (Å²) in [6.45, 7) is 5.49. The van der Waals surface area contributed by atoms with Gasteiger partial charge in [-0.25, -0.2) is 4.79 Å². The predicted octanol–water partition coefficient (Wildman–Crippen LogP) is -0.415. The monoisotopic (exact) mass is 286 g/mol. The van der Waals surface area contributed by atoms with Gasteiger partial charge in [-0.1, -0.05) is 20.8 Å². The number of β-amino-alcohol motifs (C(OH)–C–C–N with tert-alkyl or cyclic N) is 1. The topological polar surface area (TPSA) is 107 Å². The van der Waals surface area contributed by atoms with Crippen LogP contribution in [0.25, 0.3) is 0 Å². The van der Waals surface area contributed by atoms with E-state index >= 15 is 0 Å².